The predicted molar refractivity (Wildman–Crippen MR) is 77.8 cm³/mol. The molecule has 2 fully saturated rings. The second-order valence-electron chi connectivity index (χ2n) is 6.82. The van der Waals surface area contributed by atoms with Crippen molar-refractivity contribution < 1.29 is 19.1 Å². The van der Waals surface area contributed by atoms with Gasteiger partial charge in [0.15, 0.2) is 0 Å². The Morgan fingerprint density at radius 3 is 2.57 bits per heavy atom. The highest BCUT2D eigenvalue weighted by atomic mass is 16.6. The number of hydrogen-bond acceptors (Lipinski definition) is 5. The molecule has 21 heavy (non-hydrogen) atoms. The summed E-state index contributed by atoms with van der Waals surface area (Å²) in [6.45, 7) is 8.72. The van der Waals surface area contributed by atoms with Crippen LogP contribution in [0.4, 0.5) is 0 Å². The Bertz CT molecular complexity index is 401. The molecule has 1 heterocycles. The maximum atomic E-state index is 12.3. The van der Waals surface area contributed by atoms with E-state index in [2.05, 4.69) is 5.32 Å². The highest BCUT2D eigenvalue weighted by Gasteiger charge is 2.38. The number of nitrogens with zero attached hydrogens (tertiary/aromatic N) is 1. The third-order valence-electron chi connectivity index (χ3n) is 3.64. The Morgan fingerprint density at radius 1 is 1.33 bits per heavy atom. The van der Waals surface area contributed by atoms with Crippen LogP contribution in [0.15, 0.2) is 0 Å². The molecular weight excluding hydrogens is 272 g/mol. The number of carbonyl (C=O) groups excluding carboxylic acids is 2. The summed E-state index contributed by atoms with van der Waals surface area (Å²) in [5.74, 6) is -0.346. The Kier molecular flexibility index (Phi) is 4.88. The van der Waals surface area contributed by atoms with Crippen LogP contribution in [0.3, 0.4) is 0 Å². The normalized spacial score (nSPS) is 25.2. The summed E-state index contributed by atoms with van der Waals surface area (Å²) in [4.78, 5) is 26.4. The third kappa shape index (κ3) is 4.68. The smallest absolute Gasteiger partial charge is 0.323 e. The van der Waals surface area contributed by atoms with Gasteiger partial charge in [0.25, 0.3) is 0 Å². The molecule has 0 aromatic carbocycles. The number of esters is 1. The van der Waals surface area contributed by atoms with Gasteiger partial charge in [-0.2, -0.15) is 0 Å². The summed E-state index contributed by atoms with van der Waals surface area (Å²) < 4.78 is 10.8. The molecule has 6 heteroatoms. The zero-order valence-corrected chi connectivity index (χ0v) is 13.3. The van der Waals surface area contributed by atoms with E-state index in [1.165, 1.54) is 0 Å². The van der Waals surface area contributed by atoms with Crippen LogP contribution in [-0.4, -0.2) is 60.3 Å². The van der Waals surface area contributed by atoms with Crippen molar-refractivity contribution in [2.24, 2.45) is 0 Å². The maximum absolute atomic E-state index is 12.3. The van der Waals surface area contributed by atoms with Crippen molar-refractivity contribution in [2.75, 3.05) is 19.8 Å². The minimum atomic E-state index is -0.524. The fourth-order valence-electron chi connectivity index (χ4n) is 2.35. The number of ether oxygens (including phenoxy) is 2. The molecule has 2 atom stereocenters. The van der Waals surface area contributed by atoms with Gasteiger partial charge in [-0.3, -0.25) is 14.5 Å². The van der Waals surface area contributed by atoms with Crippen LogP contribution >= 0.6 is 0 Å². The first-order valence-corrected chi connectivity index (χ1v) is 7.64. The Morgan fingerprint density at radius 2 is 2.00 bits per heavy atom. The summed E-state index contributed by atoms with van der Waals surface area (Å²) in [6, 6.07) is -0.567. The lowest BCUT2D eigenvalue weighted by molar-refractivity contribution is -0.165. The van der Waals surface area contributed by atoms with E-state index in [1.807, 2.05) is 25.7 Å². The van der Waals surface area contributed by atoms with Crippen molar-refractivity contribution >= 4 is 11.9 Å². The molecule has 0 radical (unpaired) electrons. The average molecular weight is 298 g/mol. The second kappa shape index (κ2) is 6.32. The summed E-state index contributed by atoms with van der Waals surface area (Å²) in [6.07, 6.45) is 2.09. The van der Waals surface area contributed by atoms with E-state index in [-0.39, 0.29) is 11.9 Å². The van der Waals surface area contributed by atoms with Crippen LogP contribution in [0, 0.1) is 0 Å². The Labute approximate surface area is 126 Å². The van der Waals surface area contributed by atoms with Crippen LogP contribution < -0.4 is 5.32 Å². The molecule has 1 N–H and O–H groups in total. The van der Waals surface area contributed by atoms with E-state index in [9.17, 15) is 9.59 Å². The minimum absolute atomic E-state index is 0.0485. The Hall–Kier alpha value is -1.14. The molecule has 0 spiro atoms. The molecule has 0 bridgehead atoms. The molecule has 6 nitrogen and oxygen atoms in total. The van der Waals surface area contributed by atoms with Gasteiger partial charge in [0.2, 0.25) is 5.91 Å². The first kappa shape index (κ1) is 16.2. The van der Waals surface area contributed by atoms with E-state index in [4.69, 9.17) is 9.47 Å². The zero-order chi connectivity index (χ0) is 15.6. The van der Waals surface area contributed by atoms with E-state index >= 15 is 0 Å². The van der Waals surface area contributed by atoms with Crippen molar-refractivity contribution in [1.82, 2.24) is 10.2 Å². The fraction of sp³-hybridized carbons (Fsp3) is 0.867. The summed E-state index contributed by atoms with van der Waals surface area (Å²) in [7, 11) is 0. The lowest BCUT2D eigenvalue weighted by Gasteiger charge is -2.38. The topological polar surface area (TPSA) is 67.9 Å². The van der Waals surface area contributed by atoms with Gasteiger partial charge >= 0.3 is 5.97 Å². The average Bonchev–Trinajstić information content (AvgIpc) is 3.19. The lowest BCUT2D eigenvalue weighted by atomic mass is 10.1. The van der Waals surface area contributed by atoms with E-state index < -0.39 is 17.7 Å². The number of carbonyl (C=O) groups is 2. The zero-order valence-electron chi connectivity index (χ0n) is 13.3. The molecule has 1 aliphatic carbocycles. The molecule has 120 valence electrons. The molecule has 0 aromatic rings. The number of morpholine rings is 1. The maximum Gasteiger partial charge on any atom is 0.323 e. The molecule has 2 aliphatic rings. The van der Waals surface area contributed by atoms with Gasteiger partial charge in [-0.1, -0.05) is 0 Å². The molecular formula is C15H26N2O4. The van der Waals surface area contributed by atoms with Crippen molar-refractivity contribution in [3.8, 4) is 0 Å². The number of amides is 1. The second-order valence-corrected chi connectivity index (χ2v) is 6.82. The van der Waals surface area contributed by atoms with Gasteiger partial charge in [-0.25, -0.2) is 0 Å². The minimum Gasteiger partial charge on any atom is -0.459 e. The molecule has 0 aromatic heterocycles. The molecule has 1 saturated carbocycles. The SMILES string of the molecule is CC(C(=O)OC(C)(C)C)N1CCOCC1C(=O)NC1CC1. The van der Waals surface area contributed by atoms with Gasteiger partial charge in [0.1, 0.15) is 17.7 Å². The van der Waals surface area contributed by atoms with Gasteiger partial charge < -0.3 is 14.8 Å². The molecule has 1 aliphatic heterocycles. The van der Waals surface area contributed by atoms with Crippen LogP contribution in [0.1, 0.15) is 40.5 Å². The number of nitrogens with one attached hydrogen (secondary N) is 1. The van der Waals surface area contributed by atoms with Gasteiger partial charge in [-0.15, -0.1) is 0 Å². The Balaban J connectivity index is 1.99. The third-order valence-corrected chi connectivity index (χ3v) is 3.64. The largest absolute Gasteiger partial charge is 0.459 e. The summed E-state index contributed by atoms with van der Waals surface area (Å²) in [5, 5.41) is 2.98. The van der Waals surface area contributed by atoms with Gasteiger partial charge in [0, 0.05) is 12.6 Å². The number of rotatable bonds is 4. The van der Waals surface area contributed by atoms with Crippen molar-refractivity contribution in [3.05, 3.63) is 0 Å². The van der Waals surface area contributed by atoms with Crippen molar-refractivity contribution in [1.29, 1.82) is 0 Å². The molecule has 1 amide bonds. The van der Waals surface area contributed by atoms with Crippen molar-refractivity contribution in [3.63, 3.8) is 0 Å². The van der Waals surface area contributed by atoms with Crippen LogP contribution in [0.2, 0.25) is 0 Å². The van der Waals surface area contributed by atoms with Crippen molar-refractivity contribution in [2.45, 2.75) is 64.3 Å². The summed E-state index contributed by atoms with van der Waals surface area (Å²) in [5.41, 5.74) is -0.524. The highest BCUT2D eigenvalue weighted by molar-refractivity contribution is 5.84. The highest BCUT2D eigenvalue weighted by Crippen LogP contribution is 2.21. The first-order chi connectivity index (χ1) is 9.78. The predicted octanol–water partition coefficient (Wildman–Crippen LogP) is 0.696. The van der Waals surface area contributed by atoms with Crippen LogP contribution in [0.5, 0.6) is 0 Å². The van der Waals surface area contributed by atoms with E-state index in [0.29, 0.717) is 25.8 Å². The van der Waals surface area contributed by atoms with Gasteiger partial charge in [-0.05, 0) is 40.5 Å². The quantitative estimate of drug-likeness (QED) is 0.774. The molecule has 2 unspecified atom stereocenters. The monoisotopic (exact) mass is 298 g/mol. The standard InChI is InChI=1S/C15H26N2O4/c1-10(14(19)21-15(2,3)4)17-7-8-20-9-12(17)13(18)16-11-5-6-11/h10-12H,5-9H2,1-4H3,(H,16,18). The van der Waals surface area contributed by atoms with Crippen LogP contribution in [-0.2, 0) is 19.1 Å². The van der Waals surface area contributed by atoms with E-state index in [1.54, 1.807) is 6.92 Å². The molecule has 2 rings (SSSR count). The molecule has 1 saturated heterocycles. The number of hydrogen-bond donors (Lipinski definition) is 1. The van der Waals surface area contributed by atoms with Gasteiger partial charge in [0.05, 0.1) is 13.2 Å². The van der Waals surface area contributed by atoms with Crippen LogP contribution in [0.25, 0.3) is 0 Å². The fourth-order valence-corrected chi connectivity index (χ4v) is 2.35. The first-order valence-electron chi connectivity index (χ1n) is 7.64. The summed E-state index contributed by atoms with van der Waals surface area (Å²) >= 11 is 0. The lowest BCUT2D eigenvalue weighted by Crippen LogP contribution is -2.59. The van der Waals surface area contributed by atoms with E-state index in [0.717, 1.165) is 12.8 Å².